The minimum Gasteiger partial charge on any atom is -0.494 e. The van der Waals surface area contributed by atoms with Crippen LogP contribution in [-0.2, 0) is 9.47 Å². The van der Waals surface area contributed by atoms with Crippen LogP contribution in [0.15, 0.2) is 194 Å². The molecule has 8 aromatic carbocycles. The lowest BCUT2D eigenvalue weighted by molar-refractivity contribution is 0.0487. The smallest absolute Gasteiger partial charge is 0.338 e. The molecule has 0 aliphatic carbocycles. The molecule has 10 heteroatoms. The number of ether oxygens (including phenoxy) is 6. The van der Waals surface area contributed by atoms with E-state index < -0.39 is 0 Å². The summed E-state index contributed by atoms with van der Waals surface area (Å²) in [6.07, 6.45) is 9.01. The molecule has 0 spiro atoms. The molecule has 0 atom stereocenters. The number of nitriles is 2. The standard InChI is InChI=1S/C68H64N2O8/c69-49-51-11-15-53(16-12-51)57-27-35-65(36-28-57)75-45-7-3-9-47-77-67(71)61-23-19-55(20-24-61)59-31-39-63(40-32-59)73-43-5-1-2-6-44-74-64-41-33-60(34-42-64)56-21-25-62(26-22-56)68(72)78-48-10-4-8-46-76-66-37-29-58(30-38-66)54-17-13-52(50-70)14-18-54/h11-42H,1-10,43-48H2. The van der Waals surface area contributed by atoms with E-state index in [4.69, 9.17) is 38.9 Å². The second-order valence-electron chi connectivity index (χ2n) is 18.8. The Balaban J connectivity index is 0.617. The van der Waals surface area contributed by atoms with Crippen molar-refractivity contribution in [2.45, 2.75) is 64.2 Å². The van der Waals surface area contributed by atoms with Gasteiger partial charge >= 0.3 is 11.9 Å². The van der Waals surface area contributed by atoms with Gasteiger partial charge in [0.25, 0.3) is 0 Å². The van der Waals surface area contributed by atoms with Crippen molar-refractivity contribution < 1.29 is 38.0 Å². The Morgan fingerprint density at radius 2 is 0.474 bits per heavy atom. The van der Waals surface area contributed by atoms with Crippen LogP contribution in [0.3, 0.4) is 0 Å². The molecule has 0 amide bonds. The van der Waals surface area contributed by atoms with Crippen molar-refractivity contribution in [1.29, 1.82) is 10.5 Å². The van der Waals surface area contributed by atoms with Gasteiger partial charge in [-0.05, 0) is 206 Å². The molecule has 0 heterocycles. The highest BCUT2D eigenvalue weighted by molar-refractivity contribution is 5.90. The number of esters is 2. The monoisotopic (exact) mass is 1040 g/mol. The number of nitrogens with zero attached hydrogens (tertiary/aromatic N) is 2. The topological polar surface area (TPSA) is 137 Å². The Labute approximate surface area is 458 Å². The maximum atomic E-state index is 12.7. The molecule has 0 saturated carbocycles. The lowest BCUT2D eigenvalue weighted by Gasteiger charge is -2.10. The van der Waals surface area contributed by atoms with Crippen molar-refractivity contribution in [1.82, 2.24) is 0 Å². The Kier molecular flexibility index (Phi) is 21.1. The minimum absolute atomic E-state index is 0.325. The fourth-order valence-electron chi connectivity index (χ4n) is 8.62. The second-order valence-corrected chi connectivity index (χ2v) is 18.8. The van der Waals surface area contributed by atoms with E-state index in [0.29, 0.717) is 61.9 Å². The number of benzene rings is 8. The maximum Gasteiger partial charge on any atom is 0.338 e. The van der Waals surface area contributed by atoms with Crippen LogP contribution in [0.4, 0.5) is 0 Å². The SMILES string of the molecule is N#Cc1ccc(-c2ccc(OCCCCCOC(=O)c3ccc(-c4ccc(OCCCCCCOc5ccc(-c6ccc(C(=O)OCCCCCOc7ccc(-c8ccc(C#N)cc8)cc7)cc6)cc5)cc4)cc3)cc2)cc1. The quantitative estimate of drug-likeness (QED) is 0.0329. The van der Waals surface area contributed by atoms with Crippen LogP contribution in [0.25, 0.3) is 44.5 Å². The lowest BCUT2D eigenvalue weighted by Crippen LogP contribution is -2.07. The molecule has 10 nitrogen and oxygen atoms in total. The molecule has 0 aliphatic heterocycles. The third-order valence-electron chi connectivity index (χ3n) is 13.2. The molecular formula is C68H64N2O8. The van der Waals surface area contributed by atoms with Gasteiger partial charge in [0.2, 0.25) is 0 Å². The molecule has 0 radical (unpaired) electrons. The molecule has 8 rings (SSSR count). The van der Waals surface area contributed by atoms with Crippen molar-refractivity contribution in [2.75, 3.05) is 39.6 Å². The lowest BCUT2D eigenvalue weighted by atomic mass is 10.0. The van der Waals surface area contributed by atoms with Crippen LogP contribution in [0.5, 0.6) is 23.0 Å². The first-order valence-corrected chi connectivity index (χ1v) is 26.9. The highest BCUT2D eigenvalue weighted by Crippen LogP contribution is 2.28. The summed E-state index contributed by atoms with van der Waals surface area (Å²) in [7, 11) is 0. The first kappa shape index (κ1) is 55.1. The fraction of sp³-hybridized carbons (Fsp3) is 0.235. The van der Waals surface area contributed by atoms with Gasteiger partial charge in [0.1, 0.15) is 23.0 Å². The Hall–Kier alpha value is -9.12. The van der Waals surface area contributed by atoms with Gasteiger partial charge in [0, 0.05) is 0 Å². The van der Waals surface area contributed by atoms with Crippen LogP contribution in [0, 0.1) is 22.7 Å². The van der Waals surface area contributed by atoms with E-state index in [0.717, 1.165) is 132 Å². The number of hydrogen-bond donors (Lipinski definition) is 0. The summed E-state index contributed by atoms with van der Waals surface area (Å²) in [5, 5.41) is 18.0. The van der Waals surface area contributed by atoms with Gasteiger partial charge < -0.3 is 28.4 Å². The summed E-state index contributed by atoms with van der Waals surface area (Å²) in [6.45, 7) is 3.18. The molecule has 0 aromatic heterocycles. The first-order valence-electron chi connectivity index (χ1n) is 26.9. The van der Waals surface area contributed by atoms with Gasteiger partial charge in [-0.2, -0.15) is 10.5 Å². The number of carbonyl (C=O) groups is 2. The molecule has 0 aliphatic rings. The van der Waals surface area contributed by atoms with Crippen LogP contribution >= 0.6 is 0 Å². The maximum absolute atomic E-state index is 12.7. The zero-order chi connectivity index (χ0) is 54.0. The zero-order valence-electron chi connectivity index (χ0n) is 43.9. The van der Waals surface area contributed by atoms with Crippen molar-refractivity contribution in [3.63, 3.8) is 0 Å². The van der Waals surface area contributed by atoms with Crippen LogP contribution in [0.1, 0.15) is 96.1 Å². The Morgan fingerprint density at radius 3 is 0.718 bits per heavy atom. The van der Waals surface area contributed by atoms with Gasteiger partial charge in [-0.3, -0.25) is 0 Å². The van der Waals surface area contributed by atoms with Crippen LogP contribution < -0.4 is 18.9 Å². The summed E-state index contributed by atoms with van der Waals surface area (Å²) < 4.78 is 34.9. The van der Waals surface area contributed by atoms with Crippen molar-refractivity contribution in [3.05, 3.63) is 216 Å². The van der Waals surface area contributed by atoms with E-state index in [1.54, 1.807) is 24.3 Å². The number of carbonyl (C=O) groups excluding carboxylic acids is 2. The van der Waals surface area contributed by atoms with E-state index >= 15 is 0 Å². The van der Waals surface area contributed by atoms with Gasteiger partial charge in [0.05, 0.1) is 74.0 Å². The highest BCUT2D eigenvalue weighted by Gasteiger charge is 2.11. The molecule has 0 bridgehead atoms. The van der Waals surface area contributed by atoms with E-state index in [1.165, 1.54) is 0 Å². The summed E-state index contributed by atoms with van der Waals surface area (Å²) in [4.78, 5) is 25.4. The third-order valence-corrected chi connectivity index (χ3v) is 13.2. The molecule has 78 heavy (non-hydrogen) atoms. The van der Waals surface area contributed by atoms with Crippen molar-refractivity contribution >= 4 is 11.9 Å². The number of unbranched alkanes of at least 4 members (excludes halogenated alkanes) is 7. The second kappa shape index (κ2) is 29.8. The fourth-order valence-corrected chi connectivity index (χ4v) is 8.62. The molecule has 0 N–H and O–H groups in total. The van der Waals surface area contributed by atoms with Crippen molar-refractivity contribution in [2.24, 2.45) is 0 Å². The first-order chi connectivity index (χ1) is 38.4. The number of rotatable bonds is 29. The molecule has 394 valence electrons. The van der Waals surface area contributed by atoms with Crippen molar-refractivity contribution in [3.8, 4) is 79.6 Å². The van der Waals surface area contributed by atoms with Gasteiger partial charge in [0.15, 0.2) is 0 Å². The molecule has 0 fully saturated rings. The molecule has 0 saturated heterocycles. The van der Waals surface area contributed by atoms with E-state index in [9.17, 15) is 9.59 Å². The molecule has 0 unspecified atom stereocenters. The predicted octanol–water partition coefficient (Wildman–Crippen LogP) is 15.9. The van der Waals surface area contributed by atoms with Gasteiger partial charge in [-0.1, -0.05) is 97.1 Å². The van der Waals surface area contributed by atoms with Gasteiger partial charge in [-0.25, -0.2) is 9.59 Å². The zero-order valence-corrected chi connectivity index (χ0v) is 43.9. The Morgan fingerprint density at radius 1 is 0.269 bits per heavy atom. The van der Waals surface area contributed by atoms with E-state index in [2.05, 4.69) is 12.1 Å². The summed E-state index contributed by atoms with van der Waals surface area (Å²) in [5.41, 5.74) is 10.7. The highest BCUT2D eigenvalue weighted by atomic mass is 16.5. The third kappa shape index (κ3) is 17.2. The normalized spacial score (nSPS) is 10.7. The predicted molar refractivity (Wildman–Crippen MR) is 306 cm³/mol. The summed E-state index contributed by atoms with van der Waals surface area (Å²) in [6, 6.07) is 66.2. The molecular weight excluding hydrogens is 973 g/mol. The minimum atomic E-state index is -0.325. The van der Waals surface area contributed by atoms with Crippen LogP contribution in [-0.4, -0.2) is 51.6 Å². The van der Waals surface area contributed by atoms with E-state index in [1.807, 2.05) is 170 Å². The summed E-state index contributed by atoms with van der Waals surface area (Å²) in [5.74, 6) is 2.62. The van der Waals surface area contributed by atoms with Crippen LogP contribution in [0.2, 0.25) is 0 Å². The molecule has 8 aromatic rings. The largest absolute Gasteiger partial charge is 0.494 e. The van der Waals surface area contributed by atoms with E-state index in [-0.39, 0.29) is 11.9 Å². The number of hydrogen-bond acceptors (Lipinski definition) is 10. The van der Waals surface area contributed by atoms with Gasteiger partial charge in [-0.15, -0.1) is 0 Å². The average Bonchev–Trinajstić information content (AvgIpc) is 3.51. The Bertz CT molecular complexity index is 2960. The average molecular weight is 1040 g/mol. The summed E-state index contributed by atoms with van der Waals surface area (Å²) >= 11 is 0.